The molecule has 0 bridgehead atoms. The van der Waals surface area contributed by atoms with Crippen LogP contribution in [0.4, 0.5) is 9.18 Å². The minimum atomic E-state index is -0.397. The molecule has 2 N–H and O–H groups in total. The maximum absolute atomic E-state index is 14.4. The number of aromatic amines is 1. The van der Waals surface area contributed by atoms with Crippen molar-refractivity contribution < 1.29 is 19.0 Å². The lowest BCUT2D eigenvalue weighted by Crippen LogP contribution is -2.54. The number of carbonyl (C=O) groups is 1. The lowest BCUT2D eigenvalue weighted by atomic mass is 9.86. The number of urea groups is 1. The number of aromatic nitrogens is 2. The first-order valence-corrected chi connectivity index (χ1v) is 13.7. The molecule has 9 heteroatoms. The normalized spacial score (nSPS) is 23.0. The number of benzene rings is 1. The van der Waals surface area contributed by atoms with Crippen LogP contribution in [0, 0.1) is 12.7 Å². The monoisotopic (exact) mass is 535 g/mol. The van der Waals surface area contributed by atoms with Crippen molar-refractivity contribution in [2.75, 3.05) is 33.3 Å². The first-order valence-electron chi connectivity index (χ1n) is 13.7. The lowest BCUT2D eigenvalue weighted by molar-refractivity contribution is 0.0477. The van der Waals surface area contributed by atoms with E-state index in [1.807, 2.05) is 34.2 Å². The number of amides is 2. The third-order valence-electron chi connectivity index (χ3n) is 8.32. The Morgan fingerprint density at radius 3 is 2.74 bits per heavy atom. The van der Waals surface area contributed by atoms with Gasteiger partial charge in [0.25, 0.3) is 0 Å². The van der Waals surface area contributed by atoms with Crippen LogP contribution in [0.3, 0.4) is 0 Å². The molecule has 1 aromatic carbocycles. The Bertz CT molecular complexity index is 1280. The average molecular weight is 536 g/mol. The van der Waals surface area contributed by atoms with Gasteiger partial charge >= 0.3 is 6.03 Å². The third kappa shape index (κ3) is 5.51. The number of H-pyrrole nitrogens is 1. The first kappa shape index (κ1) is 27.1. The van der Waals surface area contributed by atoms with E-state index >= 15 is 0 Å². The number of carbonyl (C=O) groups excluding carboxylic acids is 1. The molecule has 0 radical (unpaired) electrons. The van der Waals surface area contributed by atoms with Crippen LogP contribution < -0.4 is 0 Å². The second kappa shape index (κ2) is 11.4. The summed E-state index contributed by atoms with van der Waals surface area (Å²) in [6.45, 7) is 6.72. The summed E-state index contributed by atoms with van der Waals surface area (Å²) in [6, 6.07) is 5.03. The quantitative estimate of drug-likeness (QED) is 0.541. The van der Waals surface area contributed by atoms with Crippen molar-refractivity contribution >= 4 is 11.6 Å². The van der Waals surface area contributed by atoms with Crippen LogP contribution in [0.25, 0.3) is 5.57 Å². The van der Waals surface area contributed by atoms with E-state index in [-0.39, 0.29) is 17.4 Å². The zero-order valence-corrected chi connectivity index (χ0v) is 23.0. The third-order valence-corrected chi connectivity index (χ3v) is 8.32. The number of halogens is 1. The first-order chi connectivity index (χ1) is 18.8. The number of ether oxygens (including phenoxy) is 1. The van der Waals surface area contributed by atoms with E-state index in [2.05, 4.69) is 21.2 Å². The molecule has 1 unspecified atom stereocenters. The van der Waals surface area contributed by atoms with Crippen molar-refractivity contribution in [1.82, 2.24) is 24.9 Å². The molecule has 39 heavy (non-hydrogen) atoms. The van der Waals surface area contributed by atoms with Crippen LogP contribution in [-0.4, -0.2) is 81.0 Å². The number of aliphatic hydroxyl groups excluding tert-OH is 1. The van der Waals surface area contributed by atoms with Crippen molar-refractivity contribution in [3.8, 4) is 0 Å². The average Bonchev–Trinajstić information content (AvgIpc) is 3.52. The molecule has 1 spiro atoms. The fraction of sp³-hybridized carbons (Fsp3) is 0.467. The molecule has 2 aliphatic heterocycles. The highest BCUT2D eigenvalue weighted by Crippen LogP contribution is 2.40. The Morgan fingerprint density at radius 1 is 1.26 bits per heavy atom. The molecule has 2 saturated heterocycles. The van der Waals surface area contributed by atoms with E-state index in [9.17, 15) is 14.3 Å². The maximum atomic E-state index is 14.4. The molecule has 2 amide bonds. The molecular formula is C30H38FN5O3. The summed E-state index contributed by atoms with van der Waals surface area (Å²) in [5, 5.41) is 16.9. The van der Waals surface area contributed by atoms with Gasteiger partial charge in [0, 0.05) is 55.6 Å². The number of allylic oxidation sites excluding steroid dienone is 5. The molecule has 3 heterocycles. The minimum Gasteiger partial charge on any atom is -0.500 e. The van der Waals surface area contributed by atoms with E-state index in [1.165, 1.54) is 6.07 Å². The number of aliphatic hydroxyl groups is 1. The summed E-state index contributed by atoms with van der Waals surface area (Å²) in [4.78, 5) is 20.3. The molecular weight excluding hydrogens is 497 g/mol. The zero-order valence-electron chi connectivity index (χ0n) is 23.0. The number of nitrogens with one attached hydrogen (secondary N) is 1. The molecule has 1 aliphatic carbocycles. The number of nitrogens with zero attached hydrogens (tertiary/aromatic N) is 4. The molecule has 3 aliphatic rings. The van der Waals surface area contributed by atoms with Gasteiger partial charge in [-0.15, -0.1) is 0 Å². The molecule has 1 atom stereocenters. The van der Waals surface area contributed by atoms with Crippen molar-refractivity contribution in [3.63, 3.8) is 0 Å². The van der Waals surface area contributed by atoms with Crippen LogP contribution in [0.1, 0.15) is 49.3 Å². The smallest absolute Gasteiger partial charge is 0.325 e. The minimum absolute atomic E-state index is 0.0556. The maximum Gasteiger partial charge on any atom is 0.325 e. The predicted molar refractivity (Wildman–Crippen MR) is 148 cm³/mol. The molecule has 2 fully saturated rings. The van der Waals surface area contributed by atoms with Gasteiger partial charge in [0.05, 0.1) is 31.5 Å². The Hall–Kier alpha value is -3.43. The number of hydrogen-bond acceptors (Lipinski definition) is 5. The van der Waals surface area contributed by atoms with Crippen molar-refractivity contribution in [2.24, 2.45) is 0 Å². The number of β-amino-alcohol motifs (C(OH)–C–C–N with tert-alkyl or cyclic N) is 1. The van der Waals surface area contributed by atoms with Crippen LogP contribution >= 0.6 is 0 Å². The van der Waals surface area contributed by atoms with E-state index in [4.69, 9.17) is 4.74 Å². The summed E-state index contributed by atoms with van der Waals surface area (Å²) in [5.41, 5.74) is 3.77. The molecule has 8 nitrogen and oxygen atoms in total. The Morgan fingerprint density at radius 2 is 2.05 bits per heavy atom. The largest absolute Gasteiger partial charge is 0.500 e. The number of hydrogen-bond donors (Lipinski definition) is 2. The van der Waals surface area contributed by atoms with E-state index in [1.54, 1.807) is 33.2 Å². The second-order valence-electron chi connectivity index (χ2n) is 10.9. The van der Waals surface area contributed by atoms with E-state index in [0.29, 0.717) is 31.6 Å². The second-order valence-corrected chi connectivity index (χ2v) is 10.9. The summed E-state index contributed by atoms with van der Waals surface area (Å²) in [7, 11) is 1.68. The highest BCUT2D eigenvalue weighted by atomic mass is 19.1. The summed E-state index contributed by atoms with van der Waals surface area (Å²) in [6.07, 6.45) is 12.3. The highest BCUT2D eigenvalue weighted by molar-refractivity contribution is 5.82. The van der Waals surface area contributed by atoms with Crippen LogP contribution in [-0.2, 0) is 11.3 Å². The zero-order chi connectivity index (χ0) is 27.6. The van der Waals surface area contributed by atoms with Crippen LogP contribution in [0.15, 0.2) is 60.3 Å². The van der Waals surface area contributed by atoms with Gasteiger partial charge in [0.15, 0.2) is 0 Å². The molecule has 1 aromatic heterocycles. The Balaban J connectivity index is 1.46. The highest BCUT2D eigenvalue weighted by Gasteiger charge is 2.51. The molecule has 2 aromatic rings. The summed E-state index contributed by atoms with van der Waals surface area (Å²) < 4.78 is 20.1. The van der Waals surface area contributed by atoms with Gasteiger partial charge in [-0.2, -0.15) is 5.10 Å². The Kier molecular flexibility index (Phi) is 7.91. The van der Waals surface area contributed by atoms with Crippen molar-refractivity contribution in [2.45, 2.75) is 57.7 Å². The molecule has 0 saturated carbocycles. The van der Waals surface area contributed by atoms with Crippen molar-refractivity contribution in [1.29, 1.82) is 0 Å². The van der Waals surface area contributed by atoms with E-state index < -0.39 is 6.10 Å². The number of rotatable bonds is 7. The van der Waals surface area contributed by atoms with Gasteiger partial charge in [-0.05, 0) is 62.5 Å². The fourth-order valence-electron chi connectivity index (χ4n) is 6.06. The predicted octanol–water partition coefficient (Wildman–Crippen LogP) is 4.60. The van der Waals surface area contributed by atoms with E-state index in [0.717, 1.165) is 60.5 Å². The van der Waals surface area contributed by atoms with Crippen LogP contribution in [0.2, 0.25) is 0 Å². The lowest BCUT2D eigenvalue weighted by Gasteiger charge is -2.44. The fourth-order valence-corrected chi connectivity index (χ4v) is 6.06. The molecule has 5 rings (SSSR count). The summed E-state index contributed by atoms with van der Waals surface area (Å²) in [5.74, 6) is 0.621. The van der Waals surface area contributed by atoms with Crippen LogP contribution in [0.5, 0.6) is 0 Å². The van der Waals surface area contributed by atoms with Gasteiger partial charge in [0.2, 0.25) is 0 Å². The summed E-state index contributed by atoms with van der Waals surface area (Å²) >= 11 is 0. The Labute approximate surface area is 229 Å². The molecule has 208 valence electrons. The topological polar surface area (TPSA) is 84.9 Å². The number of methoxy groups -OCH3 is 1. The van der Waals surface area contributed by atoms with Crippen molar-refractivity contribution in [3.05, 3.63) is 82.8 Å². The van der Waals surface area contributed by atoms with Gasteiger partial charge in [-0.25, -0.2) is 9.18 Å². The van der Waals surface area contributed by atoms with Gasteiger partial charge in [0.1, 0.15) is 11.6 Å². The number of likely N-dealkylation sites (tertiary alicyclic amines) is 1. The SMILES string of the molecule is COC1=C(c2cn[nH]c2)/C=C\C(N2CC3(CCN(CC(C)O)CC3)N(Cc3cccc(F)c3C)C2=O)=C/CC1. The van der Waals surface area contributed by atoms with Gasteiger partial charge in [-0.1, -0.05) is 18.2 Å². The van der Waals surface area contributed by atoms with Gasteiger partial charge < -0.3 is 19.6 Å². The van der Waals surface area contributed by atoms with Gasteiger partial charge in [-0.3, -0.25) is 10.00 Å². The number of piperidine rings is 1. The standard InChI is InChI=1S/C30H38FN5O3/c1-21(37)18-34-14-12-30(13-15-34)20-35(29(38)36(30)19-23-6-4-8-27(31)22(23)2)25-7-5-9-28(39-3)26(11-10-25)24-16-32-33-17-24/h4,6-8,10-11,16-17,21,37H,5,9,12-15,18-20H2,1-3H3,(H,32,33)/b11-10-,25-7+,28-26?.